The van der Waals surface area contributed by atoms with Gasteiger partial charge in [0.15, 0.2) is 0 Å². The molecule has 0 heterocycles. The van der Waals surface area contributed by atoms with Gasteiger partial charge in [-0.25, -0.2) is 13.1 Å². The van der Waals surface area contributed by atoms with Crippen molar-refractivity contribution in [3.05, 3.63) is 29.8 Å². The molecule has 1 unspecified atom stereocenters. The molecule has 0 aliphatic rings. The molecule has 21 heavy (non-hydrogen) atoms. The molecule has 0 aromatic heterocycles. The second-order valence-corrected chi connectivity index (χ2v) is 7.20. The maximum absolute atomic E-state index is 12.2. The van der Waals surface area contributed by atoms with Gasteiger partial charge >= 0.3 is 0 Å². The van der Waals surface area contributed by atoms with Crippen LogP contribution in [0.4, 0.5) is 0 Å². The highest BCUT2D eigenvalue weighted by molar-refractivity contribution is 7.89. The summed E-state index contributed by atoms with van der Waals surface area (Å²) in [5.74, 6) is 0. The van der Waals surface area contributed by atoms with Crippen LogP contribution in [0.2, 0.25) is 0 Å². The van der Waals surface area contributed by atoms with E-state index in [2.05, 4.69) is 11.6 Å². The molecule has 0 bridgehead atoms. The van der Waals surface area contributed by atoms with Crippen molar-refractivity contribution in [2.24, 2.45) is 0 Å². The van der Waals surface area contributed by atoms with Gasteiger partial charge in [0.1, 0.15) is 0 Å². The topological polar surface area (TPSA) is 66.4 Å². The number of nitrogens with one attached hydrogen (secondary N) is 1. The summed E-state index contributed by atoms with van der Waals surface area (Å²) in [5.41, 5.74) is 0.934. The first-order chi connectivity index (χ1) is 9.99. The third-order valence-electron chi connectivity index (χ3n) is 3.48. The summed E-state index contributed by atoms with van der Waals surface area (Å²) < 4.78 is 27.2. The van der Waals surface area contributed by atoms with Crippen molar-refractivity contribution in [2.45, 2.75) is 63.3 Å². The zero-order valence-corrected chi connectivity index (χ0v) is 13.8. The molecule has 1 atom stereocenters. The van der Waals surface area contributed by atoms with Crippen molar-refractivity contribution in [2.75, 3.05) is 6.61 Å². The maximum atomic E-state index is 12.2. The minimum atomic E-state index is -3.45. The first kappa shape index (κ1) is 18.1. The van der Waals surface area contributed by atoms with Crippen molar-refractivity contribution in [1.29, 1.82) is 0 Å². The SMILES string of the molecule is CCCCCCC(C)NS(=O)(=O)c1ccc(CCO)cc1. The van der Waals surface area contributed by atoms with Gasteiger partial charge in [0.2, 0.25) is 10.0 Å². The molecule has 4 nitrogen and oxygen atoms in total. The van der Waals surface area contributed by atoms with E-state index in [4.69, 9.17) is 5.11 Å². The van der Waals surface area contributed by atoms with Gasteiger partial charge < -0.3 is 5.11 Å². The zero-order chi connectivity index (χ0) is 15.7. The Morgan fingerprint density at radius 1 is 1.14 bits per heavy atom. The van der Waals surface area contributed by atoms with Crippen molar-refractivity contribution in [3.63, 3.8) is 0 Å². The summed E-state index contributed by atoms with van der Waals surface area (Å²) >= 11 is 0. The Morgan fingerprint density at radius 2 is 1.81 bits per heavy atom. The Kier molecular flexibility index (Phi) is 7.93. The molecule has 0 saturated heterocycles. The molecule has 0 aliphatic carbocycles. The van der Waals surface area contributed by atoms with Gasteiger partial charge in [0.25, 0.3) is 0 Å². The highest BCUT2D eigenvalue weighted by Crippen LogP contribution is 2.13. The summed E-state index contributed by atoms with van der Waals surface area (Å²) in [6.07, 6.45) is 5.99. The highest BCUT2D eigenvalue weighted by atomic mass is 32.2. The van der Waals surface area contributed by atoms with Gasteiger partial charge in [0.05, 0.1) is 4.90 Å². The van der Waals surface area contributed by atoms with E-state index in [-0.39, 0.29) is 17.5 Å². The molecular weight excluding hydrogens is 286 g/mol. The van der Waals surface area contributed by atoms with Crippen molar-refractivity contribution in [1.82, 2.24) is 4.72 Å². The Labute approximate surface area is 128 Å². The maximum Gasteiger partial charge on any atom is 0.240 e. The average Bonchev–Trinajstić information content (AvgIpc) is 2.44. The molecule has 0 aliphatic heterocycles. The second kappa shape index (κ2) is 9.18. The van der Waals surface area contributed by atoms with Gasteiger partial charge in [-0.3, -0.25) is 0 Å². The number of rotatable bonds is 10. The van der Waals surface area contributed by atoms with E-state index in [9.17, 15) is 8.42 Å². The van der Waals surface area contributed by atoms with Crippen LogP contribution in [-0.2, 0) is 16.4 Å². The first-order valence-corrected chi connectivity index (χ1v) is 9.20. The van der Waals surface area contributed by atoms with E-state index >= 15 is 0 Å². The smallest absolute Gasteiger partial charge is 0.240 e. The van der Waals surface area contributed by atoms with Crippen molar-refractivity contribution in [3.8, 4) is 0 Å². The number of hydrogen-bond donors (Lipinski definition) is 2. The van der Waals surface area contributed by atoms with Crippen LogP contribution >= 0.6 is 0 Å². The fraction of sp³-hybridized carbons (Fsp3) is 0.625. The third-order valence-corrected chi connectivity index (χ3v) is 5.09. The summed E-state index contributed by atoms with van der Waals surface area (Å²) in [6, 6.07) is 6.63. The Morgan fingerprint density at radius 3 is 2.38 bits per heavy atom. The minimum Gasteiger partial charge on any atom is -0.396 e. The normalized spacial score (nSPS) is 13.3. The van der Waals surface area contributed by atoms with Crippen LogP contribution in [-0.4, -0.2) is 26.2 Å². The molecule has 5 heteroatoms. The summed E-state index contributed by atoms with van der Waals surface area (Å²) in [5, 5.41) is 8.86. The van der Waals surface area contributed by atoms with Gasteiger partial charge in [-0.2, -0.15) is 0 Å². The first-order valence-electron chi connectivity index (χ1n) is 7.71. The molecule has 0 saturated carbocycles. The predicted octanol–water partition coefficient (Wildman–Crippen LogP) is 2.86. The number of benzene rings is 1. The monoisotopic (exact) mass is 313 g/mol. The van der Waals surface area contributed by atoms with Gasteiger partial charge in [-0.05, 0) is 37.5 Å². The number of aliphatic hydroxyl groups is 1. The van der Waals surface area contributed by atoms with Crippen LogP contribution in [0, 0.1) is 0 Å². The Balaban J connectivity index is 2.55. The molecular formula is C16H27NO3S. The quantitative estimate of drug-likeness (QED) is 0.653. The molecule has 1 rings (SSSR count). The van der Waals surface area contributed by atoms with Crippen LogP contribution in [0.1, 0.15) is 51.5 Å². The fourth-order valence-electron chi connectivity index (χ4n) is 2.23. The molecule has 0 amide bonds. The number of aliphatic hydroxyl groups excluding tert-OH is 1. The molecule has 0 radical (unpaired) electrons. The van der Waals surface area contributed by atoms with E-state index in [1.165, 1.54) is 12.8 Å². The lowest BCUT2D eigenvalue weighted by Crippen LogP contribution is -2.32. The van der Waals surface area contributed by atoms with Crippen molar-refractivity contribution < 1.29 is 13.5 Å². The van der Waals surface area contributed by atoms with Crippen molar-refractivity contribution >= 4 is 10.0 Å². The lowest BCUT2D eigenvalue weighted by molar-refractivity contribution is 0.299. The third kappa shape index (κ3) is 6.59. The molecule has 120 valence electrons. The van der Waals surface area contributed by atoms with E-state index in [0.717, 1.165) is 24.8 Å². The van der Waals surface area contributed by atoms with Crippen LogP contribution in [0.3, 0.4) is 0 Å². The number of hydrogen-bond acceptors (Lipinski definition) is 3. The molecule has 1 aromatic rings. The van der Waals surface area contributed by atoms with Gasteiger partial charge in [-0.15, -0.1) is 0 Å². The van der Waals surface area contributed by atoms with E-state index < -0.39 is 10.0 Å². The molecule has 2 N–H and O–H groups in total. The lowest BCUT2D eigenvalue weighted by Gasteiger charge is -2.14. The van der Waals surface area contributed by atoms with Gasteiger partial charge in [0, 0.05) is 12.6 Å². The second-order valence-electron chi connectivity index (χ2n) is 5.49. The van der Waals surface area contributed by atoms with Crippen LogP contribution in [0.15, 0.2) is 29.2 Å². The number of unbranched alkanes of at least 4 members (excludes halogenated alkanes) is 3. The van der Waals surface area contributed by atoms with Crippen LogP contribution in [0.5, 0.6) is 0 Å². The standard InChI is InChI=1S/C16H27NO3S/c1-3-4-5-6-7-14(2)17-21(19,20)16-10-8-15(9-11-16)12-13-18/h8-11,14,17-18H,3-7,12-13H2,1-2H3. The molecule has 0 fully saturated rings. The molecule has 0 spiro atoms. The highest BCUT2D eigenvalue weighted by Gasteiger charge is 2.16. The average molecular weight is 313 g/mol. The Bertz CT molecular complexity index is 497. The minimum absolute atomic E-state index is 0.0519. The Hall–Kier alpha value is -0.910. The predicted molar refractivity (Wildman–Crippen MR) is 85.8 cm³/mol. The van der Waals surface area contributed by atoms with E-state index in [1.54, 1.807) is 24.3 Å². The summed E-state index contributed by atoms with van der Waals surface area (Å²) in [6.45, 7) is 4.13. The summed E-state index contributed by atoms with van der Waals surface area (Å²) in [7, 11) is -3.45. The van der Waals surface area contributed by atoms with Crippen LogP contribution in [0.25, 0.3) is 0 Å². The number of sulfonamides is 1. The fourth-order valence-corrected chi connectivity index (χ4v) is 3.51. The van der Waals surface area contributed by atoms with Crippen LogP contribution < -0.4 is 4.72 Å². The lowest BCUT2D eigenvalue weighted by atomic mass is 10.1. The van der Waals surface area contributed by atoms with E-state index in [0.29, 0.717) is 6.42 Å². The molecule has 1 aromatic carbocycles. The largest absolute Gasteiger partial charge is 0.396 e. The summed E-state index contributed by atoms with van der Waals surface area (Å²) in [4.78, 5) is 0.282. The zero-order valence-electron chi connectivity index (χ0n) is 13.0. The van der Waals surface area contributed by atoms with E-state index in [1.807, 2.05) is 6.92 Å². The van der Waals surface area contributed by atoms with Gasteiger partial charge in [-0.1, -0.05) is 44.7 Å².